The van der Waals surface area contributed by atoms with E-state index in [2.05, 4.69) is 13.8 Å². The van der Waals surface area contributed by atoms with Crippen molar-refractivity contribution in [2.24, 2.45) is 0 Å². The first-order chi connectivity index (χ1) is 8.81. The summed E-state index contributed by atoms with van der Waals surface area (Å²) in [5.41, 5.74) is 0. The molecule has 0 saturated carbocycles. The first-order valence-electron chi connectivity index (χ1n) is 8.23. The summed E-state index contributed by atoms with van der Waals surface area (Å²) >= 11 is -1.15. The second-order valence-electron chi connectivity index (χ2n) is 5.46. The van der Waals surface area contributed by atoms with E-state index in [0.29, 0.717) is 0 Å². The second kappa shape index (κ2) is 16.1. The van der Waals surface area contributed by atoms with Gasteiger partial charge in [-0.2, -0.15) is 0 Å². The van der Waals surface area contributed by atoms with E-state index in [-0.39, 0.29) is 0 Å². The first kappa shape index (κ1) is 19.0. The molecule has 0 aromatic heterocycles. The van der Waals surface area contributed by atoms with Crippen LogP contribution in [0.1, 0.15) is 90.9 Å². The molecule has 0 aromatic rings. The molecule has 0 aromatic carbocycles. The topological polar surface area (TPSA) is 0 Å². The summed E-state index contributed by atoms with van der Waals surface area (Å²) in [6.45, 7) is 4.57. The molecule has 0 heterocycles. The van der Waals surface area contributed by atoms with Crippen LogP contribution in [0.4, 0.5) is 0 Å². The third-order valence-electron chi connectivity index (χ3n) is 3.52. The summed E-state index contributed by atoms with van der Waals surface area (Å²) < 4.78 is 2.94. The van der Waals surface area contributed by atoms with Gasteiger partial charge in [-0.25, -0.2) is 0 Å². The zero-order valence-corrected chi connectivity index (χ0v) is 16.1. The average molecular weight is 380 g/mol. The van der Waals surface area contributed by atoms with E-state index >= 15 is 0 Å². The molecular weight excluding hydrogens is 346 g/mol. The van der Waals surface area contributed by atoms with Gasteiger partial charge in [0, 0.05) is 0 Å². The first-order valence-corrected chi connectivity index (χ1v) is 15.3. The van der Waals surface area contributed by atoms with Gasteiger partial charge in [0.15, 0.2) is 0 Å². The standard InChI is InChI=1S/2C8H17.S.Sb/c2*1-3-5-7-8-6-4-2;;/h2*1,3-8H2,2H3;;. The minimum absolute atomic E-state index is 1.15. The van der Waals surface area contributed by atoms with E-state index in [1.54, 1.807) is 0 Å². The maximum absolute atomic E-state index is 5.72. The van der Waals surface area contributed by atoms with Crippen LogP contribution in [0.2, 0.25) is 8.73 Å². The van der Waals surface area contributed by atoms with Gasteiger partial charge in [0.05, 0.1) is 0 Å². The Labute approximate surface area is 126 Å². The molecule has 0 unspecified atom stereocenters. The summed E-state index contributed by atoms with van der Waals surface area (Å²) in [7, 11) is 5.72. The fourth-order valence-corrected chi connectivity index (χ4v) is 7.91. The Morgan fingerprint density at radius 2 is 0.889 bits per heavy atom. The van der Waals surface area contributed by atoms with E-state index in [1.165, 1.54) is 85.8 Å². The van der Waals surface area contributed by atoms with Crippen LogP contribution in [-0.2, 0) is 0 Å². The van der Waals surface area contributed by atoms with Gasteiger partial charge in [-0.3, -0.25) is 0 Å². The number of hydrogen-bond acceptors (Lipinski definition) is 1. The average Bonchev–Trinajstić information content (AvgIpc) is 2.38. The van der Waals surface area contributed by atoms with Gasteiger partial charge in [0.2, 0.25) is 0 Å². The van der Waals surface area contributed by atoms with Crippen molar-refractivity contribution >= 4 is 27.4 Å². The van der Waals surface area contributed by atoms with Crippen LogP contribution in [0.3, 0.4) is 0 Å². The van der Waals surface area contributed by atoms with Crippen LogP contribution in [-0.4, -0.2) is 18.2 Å². The zero-order chi connectivity index (χ0) is 13.5. The molecule has 0 spiro atoms. The summed E-state index contributed by atoms with van der Waals surface area (Å²) in [6, 6.07) is 0. The van der Waals surface area contributed by atoms with Crippen molar-refractivity contribution in [3.05, 3.63) is 0 Å². The van der Waals surface area contributed by atoms with Crippen molar-refractivity contribution in [3.8, 4) is 0 Å². The van der Waals surface area contributed by atoms with Crippen LogP contribution in [0.5, 0.6) is 0 Å². The molecule has 0 N–H and O–H groups in total. The molecule has 109 valence electrons. The quantitative estimate of drug-likeness (QED) is 0.233. The predicted octanol–water partition coefficient (Wildman–Crippen LogP) is 6.90. The van der Waals surface area contributed by atoms with Gasteiger partial charge in [-0.1, -0.05) is 0 Å². The van der Waals surface area contributed by atoms with Gasteiger partial charge >= 0.3 is 127 Å². The molecule has 2 heteroatoms. The summed E-state index contributed by atoms with van der Waals surface area (Å²) in [6.07, 6.45) is 17.2. The van der Waals surface area contributed by atoms with Crippen molar-refractivity contribution in [2.75, 3.05) is 0 Å². The molecule has 1 radical (unpaired) electrons. The van der Waals surface area contributed by atoms with Crippen molar-refractivity contribution in [2.45, 2.75) is 99.6 Å². The fraction of sp³-hybridized carbons (Fsp3) is 1.00. The molecule has 0 bridgehead atoms. The Hall–Kier alpha value is 1.04. The van der Waals surface area contributed by atoms with Crippen LogP contribution in [0.25, 0.3) is 0 Å². The van der Waals surface area contributed by atoms with E-state index in [1.807, 2.05) is 0 Å². The molecule has 18 heavy (non-hydrogen) atoms. The summed E-state index contributed by atoms with van der Waals surface area (Å²) in [5.74, 6) is 0. The van der Waals surface area contributed by atoms with Crippen LogP contribution in [0.15, 0.2) is 0 Å². The third kappa shape index (κ3) is 15.1. The normalized spacial score (nSPS) is 10.8. The summed E-state index contributed by atoms with van der Waals surface area (Å²) in [4.78, 5) is 0. The van der Waals surface area contributed by atoms with E-state index < -0.39 is 18.2 Å². The Morgan fingerprint density at radius 1 is 0.556 bits per heavy atom. The molecule has 0 atom stereocenters. The van der Waals surface area contributed by atoms with E-state index in [0.717, 1.165) is 0 Å². The zero-order valence-electron chi connectivity index (χ0n) is 12.8. The van der Waals surface area contributed by atoms with Crippen LogP contribution in [0, 0.1) is 0 Å². The molecule has 0 aliphatic carbocycles. The molecule has 0 saturated heterocycles. The van der Waals surface area contributed by atoms with Crippen LogP contribution >= 0.6 is 9.19 Å². The van der Waals surface area contributed by atoms with Crippen molar-refractivity contribution in [1.82, 2.24) is 0 Å². The monoisotopic (exact) mass is 379 g/mol. The Morgan fingerprint density at radius 3 is 1.28 bits per heavy atom. The second-order valence-corrected chi connectivity index (χ2v) is 14.2. The van der Waals surface area contributed by atoms with Gasteiger partial charge in [0.1, 0.15) is 0 Å². The molecule has 0 aliphatic rings. The Balaban J connectivity index is 3.12. The molecular formula is C16H34SSb. The maximum atomic E-state index is 5.72. The fourth-order valence-electron chi connectivity index (χ4n) is 2.25. The minimum atomic E-state index is -1.15. The predicted molar refractivity (Wildman–Crippen MR) is 89.7 cm³/mol. The third-order valence-corrected chi connectivity index (χ3v) is 10.6. The molecule has 0 aliphatic heterocycles. The molecule has 0 rings (SSSR count). The van der Waals surface area contributed by atoms with Crippen LogP contribution < -0.4 is 0 Å². The van der Waals surface area contributed by atoms with Gasteiger partial charge < -0.3 is 0 Å². The Kier molecular flexibility index (Phi) is 17.0. The number of hydrogen-bond donors (Lipinski definition) is 0. The van der Waals surface area contributed by atoms with Crippen molar-refractivity contribution < 1.29 is 0 Å². The van der Waals surface area contributed by atoms with E-state index in [4.69, 9.17) is 9.19 Å². The van der Waals surface area contributed by atoms with Gasteiger partial charge in [-0.15, -0.1) is 0 Å². The molecule has 0 fully saturated rings. The van der Waals surface area contributed by atoms with Crippen molar-refractivity contribution in [3.63, 3.8) is 0 Å². The summed E-state index contributed by atoms with van der Waals surface area (Å²) in [5, 5.41) is 0. The van der Waals surface area contributed by atoms with Crippen molar-refractivity contribution in [1.29, 1.82) is 0 Å². The molecule has 0 nitrogen and oxygen atoms in total. The van der Waals surface area contributed by atoms with Gasteiger partial charge in [0.25, 0.3) is 0 Å². The molecule has 0 amide bonds. The Bertz CT molecular complexity index is 162. The van der Waals surface area contributed by atoms with E-state index in [9.17, 15) is 0 Å². The van der Waals surface area contributed by atoms with Gasteiger partial charge in [-0.05, 0) is 0 Å². The number of rotatable bonds is 14. The SMILES string of the molecule is CCCCCCC[CH2][Sb](=[S])[CH2]CCCCCCC. The number of unbranched alkanes of at least 4 members (excludes halogenated alkanes) is 10.